The van der Waals surface area contributed by atoms with Crippen molar-refractivity contribution >= 4 is 16.8 Å². The molecule has 5 nitrogen and oxygen atoms in total. The van der Waals surface area contributed by atoms with E-state index in [1.807, 2.05) is 86.2 Å². The Hall–Kier alpha value is -3.47. The summed E-state index contributed by atoms with van der Waals surface area (Å²) in [4.78, 5) is 18.2. The third-order valence-electron chi connectivity index (χ3n) is 5.64. The maximum Gasteiger partial charge on any atom is 0.252 e. The summed E-state index contributed by atoms with van der Waals surface area (Å²) in [5, 5.41) is 8.58. The van der Waals surface area contributed by atoms with Crippen LogP contribution in [0.2, 0.25) is 0 Å². The molecule has 5 heteroatoms. The summed E-state index contributed by atoms with van der Waals surface area (Å²) in [6.45, 7) is 6.08. The summed E-state index contributed by atoms with van der Waals surface area (Å²) in [5.74, 6) is -0.0928. The molecule has 4 aromatic rings. The van der Waals surface area contributed by atoms with Crippen molar-refractivity contribution in [3.05, 3.63) is 83.2 Å². The molecule has 0 aliphatic carbocycles. The number of nitrogens with one attached hydrogen (secondary N) is 1. The molecule has 1 N–H and O–H groups in total. The lowest BCUT2D eigenvalue weighted by atomic mass is 10.0. The maximum atomic E-state index is 13.4. The minimum atomic E-state index is -0.0928. The second-order valence-electron chi connectivity index (χ2n) is 7.59. The molecule has 2 aromatic carbocycles. The van der Waals surface area contributed by atoms with Crippen LogP contribution in [0.25, 0.3) is 22.2 Å². The molecule has 1 amide bonds. The Morgan fingerprint density at radius 2 is 1.77 bits per heavy atom. The van der Waals surface area contributed by atoms with Gasteiger partial charge in [-0.25, -0.2) is 4.98 Å². The molecule has 0 saturated carbocycles. The third kappa shape index (κ3) is 3.59. The van der Waals surface area contributed by atoms with Crippen LogP contribution in [0.3, 0.4) is 0 Å². The van der Waals surface area contributed by atoms with Gasteiger partial charge in [-0.1, -0.05) is 55.5 Å². The van der Waals surface area contributed by atoms with Gasteiger partial charge in [-0.3, -0.25) is 9.48 Å². The van der Waals surface area contributed by atoms with E-state index in [9.17, 15) is 4.79 Å². The second kappa shape index (κ2) is 8.11. The van der Waals surface area contributed by atoms with E-state index in [4.69, 9.17) is 4.98 Å². The number of nitrogens with zero attached hydrogens (tertiary/aromatic N) is 3. The van der Waals surface area contributed by atoms with Crippen LogP contribution in [-0.2, 0) is 7.05 Å². The van der Waals surface area contributed by atoms with Crippen LogP contribution >= 0.6 is 0 Å². The van der Waals surface area contributed by atoms with Gasteiger partial charge in [0.15, 0.2) is 0 Å². The Morgan fingerprint density at radius 1 is 1.07 bits per heavy atom. The fourth-order valence-electron chi connectivity index (χ4n) is 3.98. The van der Waals surface area contributed by atoms with Crippen molar-refractivity contribution in [2.75, 3.05) is 0 Å². The van der Waals surface area contributed by atoms with Crippen molar-refractivity contribution in [1.29, 1.82) is 0 Å². The van der Waals surface area contributed by atoms with E-state index in [0.29, 0.717) is 5.56 Å². The molecule has 0 spiro atoms. The van der Waals surface area contributed by atoms with E-state index in [1.165, 1.54) is 0 Å². The van der Waals surface area contributed by atoms with Crippen LogP contribution in [-0.4, -0.2) is 20.7 Å². The number of benzene rings is 2. The standard InChI is InChI=1S/C25H26N4O/c1-5-21(18-11-7-6-8-12-18)27-25(30)20-15-23(24-16(2)28-29(4)17(24)3)26-22-14-10-9-13-19(20)22/h6-15,21H,5H2,1-4H3,(H,27,30). The molecular weight excluding hydrogens is 372 g/mol. The molecule has 0 saturated heterocycles. The summed E-state index contributed by atoms with van der Waals surface area (Å²) >= 11 is 0. The van der Waals surface area contributed by atoms with E-state index in [2.05, 4.69) is 17.3 Å². The number of pyridine rings is 1. The van der Waals surface area contributed by atoms with Crippen LogP contribution < -0.4 is 5.32 Å². The fourth-order valence-corrected chi connectivity index (χ4v) is 3.98. The zero-order valence-corrected chi connectivity index (χ0v) is 17.8. The smallest absolute Gasteiger partial charge is 0.252 e. The topological polar surface area (TPSA) is 59.8 Å². The van der Waals surface area contributed by atoms with Gasteiger partial charge < -0.3 is 5.32 Å². The van der Waals surface area contributed by atoms with Gasteiger partial charge >= 0.3 is 0 Å². The number of hydrogen-bond donors (Lipinski definition) is 1. The quantitative estimate of drug-likeness (QED) is 0.507. The lowest BCUT2D eigenvalue weighted by Gasteiger charge is -2.18. The summed E-state index contributed by atoms with van der Waals surface area (Å²) < 4.78 is 1.85. The van der Waals surface area contributed by atoms with Crippen molar-refractivity contribution in [1.82, 2.24) is 20.1 Å². The molecule has 0 radical (unpaired) electrons. The minimum Gasteiger partial charge on any atom is -0.345 e. The van der Waals surface area contributed by atoms with Crippen LogP contribution in [0.5, 0.6) is 0 Å². The minimum absolute atomic E-state index is 0.0454. The summed E-state index contributed by atoms with van der Waals surface area (Å²) in [6, 6.07) is 19.7. The van der Waals surface area contributed by atoms with Gasteiger partial charge in [0.05, 0.1) is 28.5 Å². The van der Waals surface area contributed by atoms with Crippen LogP contribution in [0.4, 0.5) is 0 Å². The second-order valence-corrected chi connectivity index (χ2v) is 7.59. The number of hydrogen-bond acceptors (Lipinski definition) is 3. The average molecular weight is 399 g/mol. The number of carbonyl (C=O) groups excluding carboxylic acids is 1. The molecular formula is C25H26N4O. The summed E-state index contributed by atoms with van der Waals surface area (Å²) in [7, 11) is 1.92. The van der Waals surface area contributed by atoms with Crippen molar-refractivity contribution in [3.8, 4) is 11.3 Å². The molecule has 2 heterocycles. The van der Waals surface area contributed by atoms with Gasteiger partial charge in [-0.05, 0) is 38.0 Å². The number of para-hydroxylation sites is 1. The Bertz CT molecular complexity index is 1210. The molecule has 1 unspecified atom stereocenters. The van der Waals surface area contributed by atoms with Gasteiger partial charge in [-0.2, -0.15) is 5.10 Å². The lowest BCUT2D eigenvalue weighted by Crippen LogP contribution is -2.28. The summed E-state index contributed by atoms with van der Waals surface area (Å²) in [5.41, 5.74) is 6.22. The normalized spacial score (nSPS) is 12.1. The SMILES string of the molecule is CCC(NC(=O)c1cc(-c2c(C)nn(C)c2C)nc2ccccc12)c1ccccc1. The van der Waals surface area contributed by atoms with Crippen LogP contribution in [0.1, 0.15) is 46.7 Å². The van der Waals surface area contributed by atoms with Gasteiger partial charge in [0.1, 0.15) is 0 Å². The van der Waals surface area contributed by atoms with Crippen molar-refractivity contribution in [3.63, 3.8) is 0 Å². The van der Waals surface area contributed by atoms with Gasteiger partial charge in [-0.15, -0.1) is 0 Å². The highest BCUT2D eigenvalue weighted by Gasteiger charge is 2.20. The largest absolute Gasteiger partial charge is 0.345 e. The maximum absolute atomic E-state index is 13.4. The Balaban J connectivity index is 1.80. The molecule has 1 atom stereocenters. The van der Waals surface area contributed by atoms with E-state index < -0.39 is 0 Å². The molecule has 30 heavy (non-hydrogen) atoms. The highest BCUT2D eigenvalue weighted by molar-refractivity contribution is 6.07. The van der Waals surface area contributed by atoms with Crippen molar-refractivity contribution < 1.29 is 4.79 Å². The van der Waals surface area contributed by atoms with E-state index in [-0.39, 0.29) is 11.9 Å². The lowest BCUT2D eigenvalue weighted by molar-refractivity contribution is 0.0937. The van der Waals surface area contributed by atoms with E-state index >= 15 is 0 Å². The Morgan fingerprint density at radius 3 is 2.43 bits per heavy atom. The van der Waals surface area contributed by atoms with Crippen molar-refractivity contribution in [2.45, 2.75) is 33.2 Å². The fraction of sp³-hybridized carbons (Fsp3) is 0.240. The van der Waals surface area contributed by atoms with Gasteiger partial charge in [0, 0.05) is 23.7 Å². The zero-order valence-electron chi connectivity index (χ0n) is 17.8. The van der Waals surface area contributed by atoms with Crippen LogP contribution in [0.15, 0.2) is 60.7 Å². The molecule has 0 aliphatic rings. The highest BCUT2D eigenvalue weighted by atomic mass is 16.1. The number of aromatic nitrogens is 3. The van der Waals surface area contributed by atoms with Gasteiger partial charge in [0.2, 0.25) is 0 Å². The Labute approximate surface area is 176 Å². The predicted octanol–water partition coefficient (Wildman–Crippen LogP) is 5.13. The van der Waals surface area contributed by atoms with E-state index in [0.717, 1.165) is 45.5 Å². The Kier molecular flexibility index (Phi) is 5.36. The zero-order chi connectivity index (χ0) is 21.3. The number of carbonyl (C=O) groups is 1. The van der Waals surface area contributed by atoms with Gasteiger partial charge in [0.25, 0.3) is 5.91 Å². The molecule has 2 aromatic heterocycles. The molecule has 0 fully saturated rings. The first-order valence-electron chi connectivity index (χ1n) is 10.3. The summed E-state index contributed by atoms with van der Waals surface area (Å²) in [6.07, 6.45) is 0.812. The number of aryl methyl sites for hydroxylation is 2. The third-order valence-corrected chi connectivity index (χ3v) is 5.64. The van der Waals surface area contributed by atoms with Crippen molar-refractivity contribution in [2.24, 2.45) is 7.05 Å². The molecule has 0 aliphatic heterocycles. The molecule has 152 valence electrons. The predicted molar refractivity (Wildman–Crippen MR) is 120 cm³/mol. The first kappa shape index (κ1) is 19.8. The highest BCUT2D eigenvalue weighted by Crippen LogP contribution is 2.29. The number of amides is 1. The number of rotatable bonds is 5. The van der Waals surface area contributed by atoms with E-state index in [1.54, 1.807) is 0 Å². The first-order valence-corrected chi connectivity index (χ1v) is 10.3. The monoisotopic (exact) mass is 398 g/mol. The first-order chi connectivity index (χ1) is 14.5. The number of fused-ring (bicyclic) bond motifs is 1. The molecule has 4 rings (SSSR count). The molecule has 0 bridgehead atoms. The average Bonchev–Trinajstić information content (AvgIpc) is 3.02. The van der Waals surface area contributed by atoms with Crippen LogP contribution in [0, 0.1) is 13.8 Å².